The Kier molecular flexibility index (Phi) is 6.98. The van der Waals surface area contributed by atoms with E-state index in [1.54, 1.807) is 18.2 Å². The summed E-state index contributed by atoms with van der Waals surface area (Å²) in [5.41, 5.74) is 4.50. The molecule has 33 heavy (non-hydrogen) atoms. The number of halogens is 2. The van der Waals surface area contributed by atoms with Crippen LogP contribution >= 0.6 is 35.4 Å². The summed E-state index contributed by atoms with van der Waals surface area (Å²) in [4.78, 5) is 17.2. The van der Waals surface area contributed by atoms with Crippen LogP contribution in [0.5, 0.6) is 0 Å². The van der Waals surface area contributed by atoms with Gasteiger partial charge in [-0.25, -0.2) is 4.98 Å². The minimum absolute atomic E-state index is 0.129. The predicted octanol–water partition coefficient (Wildman–Crippen LogP) is 7.44. The van der Waals surface area contributed by atoms with E-state index in [0.717, 1.165) is 23.1 Å². The third-order valence-corrected chi connectivity index (χ3v) is 6.41. The van der Waals surface area contributed by atoms with Crippen LogP contribution in [-0.4, -0.2) is 16.0 Å². The molecule has 0 bridgehead atoms. The van der Waals surface area contributed by atoms with E-state index in [-0.39, 0.29) is 15.7 Å². The number of nitrogens with zero attached hydrogens (tertiary/aromatic N) is 1. The molecule has 1 heterocycles. The van der Waals surface area contributed by atoms with Gasteiger partial charge >= 0.3 is 0 Å². The molecule has 1 amide bonds. The van der Waals surface area contributed by atoms with Gasteiger partial charge in [0.15, 0.2) is 10.7 Å². The summed E-state index contributed by atoms with van der Waals surface area (Å²) in [5.74, 6) is 0.517. The molecular formula is C25H21Cl2N3O2S. The van der Waals surface area contributed by atoms with Gasteiger partial charge in [-0.05, 0) is 72.6 Å². The van der Waals surface area contributed by atoms with Crippen LogP contribution in [0, 0.1) is 0 Å². The maximum absolute atomic E-state index is 12.5. The van der Waals surface area contributed by atoms with Crippen molar-refractivity contribution >= 4 is 63.2 Å². The first-order valence-corrected chi connectivity index (χ1v) is 11.6. The first-order valence-electron chi connectivity index (χ1n) is 10.4. The van der Waals surface area contributed by atoms with Crippen molar-refractivity contribution in [2.45, 2.75) is 26.2 Å². The average Bonchev–Trinajstić information content (AvgIpc) is 3.24. The smallest absolute Gasteiger partial charge is 0.258 e. The quantitative estimate of drug-likeness (QED) is 0.280. The van der Waals surface area contributed by atoms with E-state index in [4.69, 9.17) is 39.8 Å². The van der Waals surface area contributed by atoms with E-state index in [2.05, 4.69) is 41.6 Å². The number of carbonyl (C=O) groups excluding carboxylic acids is 1. The molecule has 0 saturated heterocycles. The average molecular weight is 498 g/mol. The Balaban J connectivity index is 1.50. The van der Waals surface area contributed by atoms with Gasteiger partial charge in [0, 0.05) is 11.3 Å². The molecule has 0 spiro atoms. The van der Waals surface area contributed by atoms with Gasteiger partial charge in [-0.3, -0.25) is 10.1 Å². The molecule has 168 valence electrons. The molecule has 0 radical (unpaired) electrons. The van der Waals surface area contributed by atoms with E-state index < -0.39 is 5.91 Å². The van der Waals surface area contributed by atoms with Gasteiger partial charge in [0.05, 0.1) is 15.6 Å². The Morgan fingerprint density at radius 1 is 1.12 bits per heavy atom. The highest BCUT2D eigenvalue weighted by atomic mass is 35.5. The van der Waals surface area contributed by atoms with Gasteiger partial charge in [0.2, 0.25) is 5.89 Å². The predicted molar refractivity (Wildman–Crippen MR) is 138 cm³/mol. The highest BCUT2D eigenvalue weighted by Crippen LogP contribution is 2.29. The van der Waals surface area contributed by atoms with Crippen molar-refractivity contribution in [3.63, 3.8) is 0 Å². The highest BCUT2D eigenvalue weighted by Gasteiger charge is 2.15. The second kappa shape index (κ2) is 9.91. The van der Waals surface area contributed by atoms with Crippen LogP contribution in [0.4, 0.5) is 5.69 Å². The SMILES string of the molecule is CCC(C)c1ccc2oc(-c3cccc(NC(=S)NC(=O)c4cccc(Cl)c4Cl)c3)nc2c1. The van der Waals surface area contributed by atoms with E-state index >= 15 is 0 Å². The number of hydrogen-bond donors (Lipinski definition) is 2. The molecule has 0 aliphatic rings. The fourth-order valence-corrected chi connectivity index (χ4v) is 3.95. The fraction of sp³-hybridized carbons (Fsp3) is 0.160. The lowest BCUT2D eigenvalue weighted by atomic mass is 9.98. The molecule has 0 aliphatic carbocycles. The maximum atomic E-state index is 12.5. The number of fused-ring (bicyclic) bond motifs is 1. The molecular weight excluding hydrogens is 477 g/mol. The highest BCUT2D eigenvalue weighted by molar-refractivity contribution is 7.80. The Morgan fingerprint density at radius 3 is 2.70 bits per heavy atom. The van der Waals surface area contributed by atoms with Gasteiger partial charge < -0.3 is 9.73 Å². The van der Waals surface area contributed by atoms with Gasteiger partial charge in [0.1, 0.15) is 5.52 Å². The minimum Gasteiger partial charge on any atom is -0.436 e. The number of oxazole rings is 1. The molecule has 2 N–H and O–H groups in total. The summed E-state index contributed by atoms with van der Waals surface area (Å²) in [5, 5.41) is 6.22. The fourth-order valence-electron chi connectivity index (χ4n) is 3.35. The van der Waals surface area contributed by atoms with Crippen LogP contribution in [-0.2, 0) is 0 Å². The summed E-state index contributed by atoms with van der Waals surface area (Å²) in [6, 6.07) is 18.4. The van der Waals surface area contributed by atoms with Crippen LogP contribution < -0.4 is 10.6 Å². The van der Waals surface area contributed by atoms with Crippen molar-refractivity contribution in [2.75, 3.05) is 5.32 Å². The van der Waals surface area contributed by atoms with Crippen LogP contribution in [0.3, 0.4) is 0 Å². The van der Waals surface area contributed by atoms with E-state index in [1.807, 2.05) is 30.3 Å². The zero-order valence-electron chi connectivity index (χ0n) is 18.0. The second-order valence-corrected chi connectivity index (χ2v) is 8.84. The van der Waals surface area contributed by atoms with Crippen molar-refractivity contribution in [1.82, 2.24) is 10.3 Å². The van der Waals surface area contributed by atoms with Crippen molar-refractivity contribution in [3.05, 3.63) is 81.8 Å². The third kappa shape index (κ3) is 5.19. The number of hydrogen-bond acceptors (Lipinski definition) is 4. The molecule has 0 saturated carbocycles. The van der Waals surface area contributed by atoms with Gasteiger partial charge in [-0.1, -0.05) is 55.2 Å². The molecule has 4 rings (SSSR count). The van der Waals surface area contributed by atoms with E-state index in [1.165, 1.54) is 5.56 Å². The number of thiocarbonyl (C=S) groups is 1. The van der Waals surface area contributed by atoms with E-state index in [0.29, 0.717) is 22.5 Å². The van der Waals surface area contributed by atoms with Crippen LogP contribution in [0.2, 0.25) is 10.0 Å². The summed E-state index contributed by atoms with van der Waals surface area (Å²) in [6.07, 6.45) is 1.06. The summed E-state index contributed by atoms with van der Waals surface area (Å²) in [7, 11) is 0. The standard InChI is InChI=1S/C25H21Cl2N3O2S/c1-3-14(2)15-10-11-21-20(13-15)29-24(32-21)16-6-4-7-17(12-16)28-25(33)30-23(31)18-8-5-9-19(26)22(18)27/h4-14H,3H2,1-2H3,(H2,28,30,31,33). The zero-order valence-corrected chi connectivity index (χ0v) is 20.3. The number of nitrogens with one attached hydrogen (secondary N) is 2. The number of aromatic nitrogens is 1. The van der Waals surface area contributed by atoms with Gasteiger partial charge in [-0.2, -0.15) is 0 Å². The Morgan fingerprint density at radius 2 is 1.91 bits per heavy atom. The largest absolute Gasteiger partial charge is 0.436 e. The van der Waals surface area contributed by atoms with Gasteiger partial charge in [-0.15, -0.1) is 0 Å². The molecule has 0 fully saturated rings. The number of carbonyl (C=O) groups is 1. The van der Waals surface area contributed by atoms with Crippen LogP contribution in [0.25, 0.3) is 22.6 Å². The van der Waals surface area contributed by atoms with E-state index in [9.17, 15) is 4.79 Å². The third-order valence-electron chi connectivity index (χ3n) is 5.38. The monoisotopic (exact) mass is 497 g/mol. The van der Waals surface area contributed by atoms with Crippen molar-refractivity contribution in [3.8, 4) is 11.5 Å². The second-order valence-electron chi connectivity index (χ2n) is 7.65. The first-order chi connectivity index (χ1) is 15.9. The molecule has 3 aromatic carbocycles. The normalized spacial score (nSPS) is 11.9. The lowest BCUT2D eigenvalue weighted by molar-refractivity contribution is 0.0978. The maximum Gasteiger partial charge on any atom is 0.258 e. The summed E-state index contributed by atoms with van der Waals surface area (Å²) < 4.78 is 5.96. The van der Waals surface area contributed by atoms with Crippen LogP contribution in [0.15, 0.2) is 65.1 Å². The lowest BCUT2D eigenvalue weighted by Gasteiger charge is -2.11. The number of benzene rings is 3. The molecule has 1 atom stereocenters. The minimum atomic E-state index is -0.452. The molecule has 1 aromatic heterocycles. The molecule has 1 unspecified atom stereocenters. The lowest BCUT2D eigenvalue weighted by Crippen LogP contribution is -2.34. The first kappa shape index (κ1) is 23.2. The Hall–Kier alpha value is -2.93. The Labute approximate surface area is 207 Å². The van der Waals surface area contributed by atoms with Gasteiger partial charge in [0.25, 0.3) is 5.91 Å². The molecule has 5 nitrogen and oxygen atoms in total. The number of anilines is 1. The number of rotatable bonds is 5. The van der Waals surface area contributed by atoms with Crippen molar-refractivity contribution < 1.29 is 9.21 Å². The zero-order chi connectivity index (χ0) is 23.5. The van der Waals surface area contributed by atoms with Crippen molar-refractivity contribution in [1.29, 1.82) is 0 Å². The molecule has 4 aromatic rings. The van der Waals surface area contributed by atoms with Crippen molar-refractivity contribution in [2.24, 2.45) is 0 Å². The summed E-state index contributed by atoms with van der Waals surface area (Å²) >= 11 is 17.4. The molecule has 0 aliphatic heterocycles. The number of amides is 1. The Bertz CT molecular complexity index is 1350. The topological polar surface area (TPSA) is 67.2 Å². The van der Waals surface area contributed by atoms with Crippen LogP contribution in [0.1, 0.15) is 42.1 Å². The summed E-state index contributed by atoms with van der Waals surface area (Å²) in [6.45, 7) is 4.36. The molecule has 8 heteroatoms.